The largest absolute Gasteiger partial charge is 0.378 e. The molecule has 1 aromatic carbocycles. The Morgan fingerprint density at radius 3 is 2.80 bits per heavy atom. The average molecular weight is 265 g/mol. The van der Waals surface area contributed by atoms with Crippen molar-refractivity contribution in [2.45, 2.75) is 13.5 Å². The minimum Gasteiger partial charge on any atom is -0.378 e. The molecular formula is C15H15N5. The van der Waals surface area contributed by atoms with E-state index in [9.17, 15) is 0 Å². The lowest BCUT2D eigenvalue weighted by Gasteiger charge is -2.11. The maximum atomic E-state index is 4.38. The van der Waals surface area contributed by atoms with E-state index >= 15 is 0 Å². The van der Waals surface area contributed by atoms with Crippen molar-refractivity contribution in [1.29, 1.82) is 0 Å². The molecule has 100 valence electrons. The Morgan fingerprint density at radius 1 is 1.10 bits per heavy atom. The van der Waals surface area contributed by atoms with Crippen LogP contribution in [-0.4, -0.2) is 19.7 Å². The summed E-state index contributed by atoms with van der Waals surface area (Å²) in [7, 11) is 0. The Morgan fingerprint density at radius 2 is 2.00 bits per heavy atom. The normalized spacial score (nSPS) is 10.4. The number of aryl methyl sites for hydroxylation is 1. The van der Waals surface area contributed by atoms with E-state index in [1.807, 2.05) is 54.2 Å². The smallest absolute Gasteiger partial charge is 0.125 e. The van der Waals surface area contributed by atoms with Crippen LogP contribution >= 0.6 is 0 Å². The molecule has 2 heterocycles. The SMILES string of the molecule is Cc1nccc(CNc2ccccc2-n2cccn2)n1. The number of benzene rings is 1. The van der Waals surface area contributed by atoms with Crippen LogP contribution in [-0.2, 0) is 6.54 Å². The van der Waals surface area contributed by atoms with E-state index < -0.39 is 0 Å². The highest BCUT2D eigenvalue weighted by Crippen LogP contribution is 2.19. The van der Waals surface area contributed by atoms with E-state index in [4.69, 9.17) is 0 Å². The summed E-state index contributed by atoms with van der Waals surface area (Å²) in [6, 6.07) is 11.9. The molecule has 5 heteroatoms. The van der Waals surface area contributed by atoms with Crippen molar-refractivity contribution in [2.75, 3.05) is 5.32 Å². The number of nitrogens with one attached hydrogen (secondary N) is 1. The van der Waals surface area contributed by atoms with Crippen molar-refractivity contribution in [3.05, 3.63) is 66.5 Å². The lowest BCUT2D eigenvalue weighted by atomic mass is 10.2. The minimum absolute atomic E-state index is 0.654. The van der Waals surface area contributed by atoms with Gasteiger partial charge in [0.1, 0.15) is 5.82 Å². The van der Waals surface area contributed by atoms with Crippen LogP contribution in [0.25, 0.3) is 5.69 Å². The van der Waals surface area contributed by atoms with Gasteiger partial charge in [0.05, 0.1) is 23.6 Å². The number of nitrogens with zero attached hydrogens (tertiary/aromatic N) is 4. The summed E-state index contributed by atoms with van der Waals surface area (Å²) in [6.45, 7) is 2.54. The Labute approximate surface area is 117 Å². The number of anilines is 1. The first-order chi connectivity index (χ1) is 9.83. The third-order valence-electron chi connectivity index (χ3n) is 2.95. The van der Waals surface area contributed by atoms with Gasteiger partial charge in [-0.05, 0) is 31.2 Å². The molecule has 20 heavy (non-hydrogen) atoms. The van der Waals surface area contributed by atoms with Gasteiger partial charge < -0.3 is 5.32 Å². The minimum atomic E-state index is 0.654. The molecule has 0 fully saturated rings. The van der Waals surface area contributed by atoms with Crippen molar-refractivity contribution < 1.29 is 0 Å². The van der Waals surface area contributed by atoms with Crippen LogP contribution in [0.15, 0.2) is 55.0 Å². The van der Waals surface area contributed by atoms with Crippen LogP contribution in [0.4, 0.5) is 5.69 Å². The van der Waals surface area contributed by atoms with Crippen molar-refractivity contribution in [3.63, 3.8) is 0 Å². The lowest BCUT2D eigenvalue weighted by Crippen LogP contribution is -2.06. The van der Waals surface area contributed by atoms with Crippen molar-refractivity contribution >= 4 is 5.69 Å². The molecule has 0 spiro atoms. The highest BCUT2D eigenvalue weighted by Gasteiger charge is 2.04. The zero-order chi connectivity index (χ0) is 13.8. The van der Waals surface area contributed by atoms with Crippen molar-refractivity contribution in [3.8, 4) is 5.69 Å². The Kier molecular flexibility index (Phi) is 3.41. The van der Waals surface area contributed by atoms with Gasteiger partial charge in [0.15, 0.2) is 0 Å². The number of hydrogen-bond acceptors (Lipinski definition) is 4. The molecule has 0 saturated carbocycles. The summed E-state index contributed by atoms with van der Waals surface area (Å²) >= 11 is 0. The highest BCUT2D eigenvalue weighted by molar-refractivity contribution is 5.60. The zero-order valence-corrected chi connectivity index (χ0v) is 11.2. The molecule has 0 saturated heterocycles. The zero-order valence-electron chi connectivity index (χ0n) is 11.2. The van der Waals surface area contributed by atoms with E-state index in [2.05, 4.69) is 20.4 Å². The van der Waals surface area contributed by atoms with Gasteiger partial charge in [0.2, 0.25) is 0 Å². The number of hydrogen-bond donors (Lipinski definition) is 1. The molecule has 2 aromatic heterocycles. The maximum Gasteiger partial charge on any atom is 0.125 e. The standard InChI is InChI=1S/C15H15N5/c1-12-16-9-7-13(19-12)11-17-14-5-2-3-6-15(14)20-10-4-8-18-20/h2-10,17H,11H2,1H3. The molecular weight excluding hydrogens is 250 g/mol. The summed E-state index contributed by atoms with van der Waals surface area (Å²) in [5.74, 6) is 0.782. The summed E-state index contributed by atoms with van der Waals surface area (Å²) in [6.07, 6.45) is 5.47. The fraction of sp³-hybridized carbons (Fsp3) is 0.133. The van der Waals surface area contributed by atoms with Crippen LogP contribution in [0, 0.1) is 6.92 Å². The molecule has 3 aromatic rings. The number of rotatable bonds is 4. The molecule has 0 radical (unpaired) electrons. The van der Waals surface area contributed by atoms with Gasteiger partial charge in [-0.2, -0.15) is 5.10 Å². The summed E-state index contributed by atoms with van der Waals surface area (Å²) in [4.78, 5) is 8.48. The molecule has 5 nitrogen and oxygen atoms in total. The summed E-state index contributed by atoms with van der Waals surface area (Å²) in [5, 5.41) is 7.66. The quantitative estimate of drug-likeness (QED) is 0.787. The van der Waals surface area contributed by atoms with Crippen molar-refractivity contribution in [2.24, 2.45) is 0 Å². The Bertz CT molecular complexity index is 691. The van der Waals surface area contributed by atoms with E-state index in [0.29, 0.717) is 6.54 Å². The van der Waals surface area contributed by atoms with Crippen LogP contribution in [0.1, 0.15) is 11.5 Å². The molecule has 0 bridgehead atoms. The van der Waals surface area contributed by atoms with Gasteiger partial charge in [-0.25, -0.2) is 14.6 Å². The molecule has 0 atom stereocenters. The number of para-hydroxylation sites is 2. The molecule has 0 aliphatic rings. The van der Waals surface area contributed by atoms with E-state index in [-0.39, 0.29) is 0 Å². The van der Waals surface area contributed by atoms with Crippen LogP contribution in [0.3, 0.4) is 0 Å². The summed E-state index contributed by atoms with van der Waals surface area (Å²) in [5.41, 5.74) is 3.00. The predicted octanol–water partition coefficient (Wildman–Crippen LogP) is 2.58. The first-order valence-corrected chi connectivity index (χ1v) is 6.44. The van der Waals surface area contributed by atoms with E-state index in [0.717, 1.165) is 22.9 Å². The molecule has 0 aliphatic heterocycles. The van der Waals surface area contributed by atoms with Crippen LogP contribution in [0.2, 0.25) is 0 Å². The van der Waals surface area contributed by atoms with E-state index in [1.165, 1.54) is 0 Å². The second-order valence-corrected chi connectivity index (χ2v) is 4.42. The topological polar surface area (TPSA) is 55.6 Å². The molecule has 0 amide bonds. The predicted molar refractivity (Wildman–Crippen MR) is 77.7 cm³/mol. The molecule has 0 unspecified atom stereocenters. The first kappa shape index (κ1) is 12.3. The first-order valence-electron chi connectivity index (χ1n) is 6.44. The number of aromatic nitrogens is 4. The summed E-state index contributed by atoms with van der Waals surface area (Å²) < 4.78 is 1.84. The van der Waals surface area contributed by atoms with Gasteiger partial charge in [-0.15, -0.1) is 0 Å². The second-order valence-electron chi connectivity index (χ2n) is 4.42. The third kappa shape index (κ3) is 2.66. The Balaban J connectivity index is 1.81. The fourth-order valence-corrected chi connectivity index (χ4v) is 2.02. The second kappa shape index (κ2) is 5.52. The van der Waals surface area contributed by atoms with Gasteiger partial charge >= 0.3 is 0 Å². The van der Waals surface area contributed by atoms with Gasteiger partial charge in [-0.1, -0.05) is 12.1 Å². The van der Waals surface area contributed by atoms with Gasteiger partial charge in [-0.3, -0.25) is 0 Å². The maximum absolute atomic E-state index is 4.38. The van der Waals surface area contributed by atoms with Crippen LogP contribution in [0.5, 0.6) is 0 Å². The van der Waals surface area contributed by atoms with Gasteiger partial charge in [0, 0.05) is 18.6 Å². The lowest BCUT2D eigenvalue weighted by molar-refractivity contribution is 0.877. The fourth-order valence-electron chi connectivity index (χ4n) is 2.02. The third-order valence-corrected chi connectivity index (χ3v) is 2.95. The van der Waals surface area contributed by atoms with Crippen molar-refractivity contribution in [1.82, 2.24) is 19.7 Å². The highest BCUT2D eigenvalue weighted by atomic mass is 15.3. The molecule has 3 rings (SSSR count). The van der Waals surface area contributed by atoms with Crippen LogP contribution < -0.4 is 5.32 Å². The Hall–Kier alpha value is -2.69. The monoisotopic (exact) mass is 265 g/mol. The molecule has 0 aliphatic carbocycles. The molecule has 1 N–H and O–H groups in total. The van der Waals surface area contributed by atoms with Gasteiger partial charge in [0.25, 0.3) is 0 Å². The van der Waals surface area contributed by atoms with E-state index in [1.54, 1.807) is 12.4 Å². The average Bonchev–Trinajstić information content (AvgIpc) is 3.00.